The normalized spacial score (nSPS) is 10.5. The molecule has 0 aliphatic rings. The molecule has 0 spiro atoms. The van der Waals surface area contributed by atoms with Crippen LogP contribution in [0, 0.1) is 17.0 Å². The van der Waals surface area contributed by atoms with Gasteiger partial charge in [-0.05, 0) is 46.1 Å². The van der Waals surface area contributed by atoms with Gasteiger partial charge in [-0.15, -0.1) is 0 Å². The lowest BCUT2D eigenvalue weighted by Gasteiger charge is -2.07. The van der Waals surface area contributed by atoms with Crippen molar-refractivity contribution in [3.63, 3.8) is 0 Å². The number of nitro groups is 1. The third kappa shape index (κ3) is 3.61. The largest absolute Gasteiger partial charge is 0.307 e. The standard InChI is InChI=1S/C14H14BrN3O2/c1-10-3-2-6-17-13(10)9-16-8-11-4-5-12(15)14(7-11)18(19)20/h2-7,16H,8-9H2,1H3. The second-order valence-corrected chi connectivity index (χ2v) is 5.27. The van der Waals surface area contributed by atoms with E-state index in [1.165, 1.54) is 0 Å². The summed E-state index contributed by atoms with van der Waals surface area (Å²) in [5.74, 6) is 0. The lowest BCUT2D eigenvalue weighted by molar-refractivity contribution is -0.385. The minimum atomic E-state index is -0.392. The second kappa shape index (κ2) is 6.58. The Balaban J connectivity index is 2.00. The lowest BCUT2D eigenvalue weighted by atomic mass is 10.2. The topological polar surface area (TPSA) is 68.1 Å². The molecule has 0 amide bonds. The van der Waals surface area contributed by atoms with Gasteiger partial charge in [0.1, 0.15) is 0 Å². The summed E-state index contributed by atoms with van der Waals surface area (Å²) in [4.78, 5) is 14.8. The van der Waals surface area contributed by atoms with Crippen molar-refractivity contribution in [2.45, 2.75) is 20.0 Å². The maximum absolute atomic E-state index is 10.9. The summed E-state index contributed by atoms with van der Waals surface area (Å²) in [5.41, 5.74) is 3.06. The number of rotatable bonds is 5. The summed E-state index contributed by atoms with van der Waals surface area (Å²) in [5, 5.41) is 14.1. The molecule has 1 N–H and O–H groups in total. The molecule has 104 valence electrons. The molecule has 1 aromatic carbocycles. The molecule has 5 nitrogen and oxygen atoms in total. The Labute approximate surface area is 125 Å². The number of pyridine rings is 1. The highest BCUT2D eigenvalue weighted by Crippen LogP contribution is 2.25. The van der Waals surface area contributed by atoms with Crippen LogP contribution in [0.15, 0.2) is 41.0 Å². The SMILES string of the molecule is Cc1cccnc1CNCc1ccc(Br)c([N+](=O)[O-])c1. The molecule has 0 radical (unpaired) electrons. The first kappa shape index (κ1) is 14.6. The average molecular weight is 336 g/mol. The molecular weight excluding hydrogens is 322 g/mol. The summed E-state index contributed by atoms with van der Waals surface area (Å²) in [6.45, 7) is 3.20. The first-order valence-electron chi connectivity index (χ1n) is 6.12. The van der Waals surface area contributed by atoms with Gasteiger partial charge in [0.2, 0.25) is 0 Å². The van der Waals surface area contributed by atoms with E-state index in [2.05, 4.69) is 26.2 Å². The van der Waals surface area contributed by atoms with Gasteiger partial charge in [-0.1, -0.05) is 12.1 Å². The van der Waals surface area contributed by atoms with Gasteiger partial charge in [0.25, 0.3) is 5.69 Å². The number of nitro benzene ring substituents is 1. The van der Waals surface area contributed by atoms with Crippen molar-refractivity contribution in [3.05, 3.63) is 67.9 Å². The molecule has 2 aromatic rings. The van der Waals surface area contributed by atoms with E-state index in [-0.39, 0.29) is 5.69 Å². The molecular formula is C14H14BrN3O2. The van der Waals surface area contributed by atoms with Crippen molar-refractivity contribution < 1.29 is 4.92 Å². The Kier molecular flexibility index (Phi) is 4.81. The zero-order valence-electron chi connectivity index (χ0n) is 11.0. The van der Waals surface area contributed by atoms with Crippen LogP contribution in [-0.4, -0.2) is 9.91 Å². The minimum Gasteiger partial charge on any atom is -0.307 e. The third-order valence-electron chi connectivity index (χ3n) is 2.95. The van der Waals surface area contributed by atoms with E-state index < -0.39 is 4.92 Å². The fourth-order valence-corrected chi connectivity index (χ4v) is 2.23. The summed E-state index contributed by atoms with van der Waals surface area (Å²) in [6.07, 6.45) is 1.76. The van der Waals surface area contributed by atoms with Crippen LogP contribution >= 0.6 is 15.9 Å². The molecule has 0 aliphatic heterocycles. The number of aryl methyl sites for hydroxylation is 1. The monoisotopic (exact) mass is 335 g/mol. The Morgan fingerprint density at radius 1 is 1.35 bits per heavy atom. The molecule has 20 heavy (non-hydrogen) atoms. The van der Waals surface area contributed by atoms with E-state index in [0.717, 1.165) is 16.8 Å². The molecule has 0 unspecified atom stereocenters. The smallest absolute Gasteiger partial charge is 0.283 e. The van der Waals surface area contributed by atoms with E-state index in [0.29, 0.717) is 17.6 Å². The Morgan fingerprint density at radius 3 is 2.85 bits per heavy atom. The molecule has 0 bridgehead atoms. The molecule has 1 aromatic heterocycles. The molecule has 2 rings (SSSR count). The van der Waals surface area contributed by atoms with Crippen LogP contribution in [0.3, 0.4) is 0 Å². The van der Waals surface area contributed by atoms with Gasteiger partial charge in [0.15, 0.2) is 0 Å². The molecule has 1 heterocycles. The molecule has 0 saturated carbocycles. The lowest BCUT2D eigenvalue weighted by Crippen LogP contribution is -2.14. The van der Waals surface area contributed by atoms with Gasteiger partial charge in [0, 0.05) is 25.4 Å². The minimum absolute atomic E-state index is 0.0818. The predicted octanol–water partition coefficient (Wildman–Crippen LogP) is 3.35. The Hall–Kier alpha value is -1.79. The fraction of sp³-hybridized carbons (Fsp3) is 0.214. The number of halogens is 1. The second-order valence-electron chi connectivity index (χ2n) is 4.41. The summed E-state index contributed by atoms with van der Waals surface area (Å²) < 4.78 is 0.492. The molecule has 6 heteroatoms. The van der Waals surface area contributed by atoms with E-state index >= 15 is 0 Å². The van der Waals surface area contributed by atoms with Crippen LogP contribution in [0.4, 0.5) is 5.69 Å². The molecule has 0 fully saturated rings. The van der Waals surface area contributed by atoms with Gasteiger partial charge in [-0.25, -0.2) is 0 Å². The highest BCUT2D eigenvalue weighted by molar-refractivity contribution is 9.10. The van der Waals surface area contributed by atoms with Crippen molar-refractivity contribution in [3.8, 4) is 0 Å². The Morgan fingerprint density at radius 2 is 2.15 bits per heavy atom. The van der Waals surface area contributed by atoms with Crippen LogP contribution in [0.1, 0.15) is 16.8 Å². The summed E-state index contributed by atoms with van der Waals surface area (Å²) in [6, 6.07) is 9.03. The highest BCUT2D eigenvalue weighted by Gasteiger charge is 2.12. The van der Waals surface area contributed by atoms with Gasteiger partial charge >= 0.3 is 0 Å². The van der Waals surface area contributed by atoms with E-state index in [9.17, 15) is 10.1 Å². The number of nitrogens with zero attached hydrogens (tertiary/aromatic N) is 2. The number of nitrogens with one attached hydrogen (secondary N) is 1. The fourth-order valence-electron chi connectivity index (χ4n) is 1.84. The van der Waals surface area contributed by atoms with Crippen molar-refractivity contribution in [1.82, 2.24) is 10.3 Å². The van der Waals surface area contributed by atoms with Crippen LogP contribution in [-0.2, 0) is 13.1 Å². The van der Waals surface area contributed by atoms with Gasteiger partial charge in [0.05, 0.1) is 15.1 Å². The molecule has 0 atom stereocenters. The van der Waals surface area contributed by atoms with Crippen LogP contribution in [0.2, 0.25) is 0 Å². The molecule has 0 aliphatic carbocycles. The van der Waals surface area contributed by atoms with E-state index in [1.54, 1.807) is 18.3 Å². The zero-order valence-corrected chi connectivity index (χ0v) is 12.6. The van der Waals surface area contributed by atoms with Gasteiger partial charge in [-0.3, -0.25) is 15.1 Å². The van der Waals surface area contributed by atoms with Gasteiger partial charge < -0.3 is 5.32 Å². The maximum Gasteiger partial charge on any atom is 0.283 e. The van der Waals surface area contributed by atoms with E-state index in [1.807, 2.05) is 25.1 Å². The van der Waals surface area contributed by atoms with Gasteiger partial charge in [-0.2, -0.15) is 0 Å². The van der Waals surface area contributed by atoms with Crippen LogP contribution in [0.25, 0.3) is 0 Å². The number of aromatic nitrogens is 1. The van der Waals surface area contributed by atoms with Crippen molar-refractivity contribution in [1.29, 1.82) is 0 Å². The predicted molar refractivity (Wildman–Crippen MR) is 80.3 cm³/mol. The Bertz CT molecular complexity index is 632. The van der Waals surface area contributed by atoms with Crippen LogP contribution < -0.4 is 5.32 Å². The van der Waals surface area contributed by atoms with E-state index in [4.69, 9.17) is 0 Å². The highest BCUT2D eigenvalue weighted by atomic mass is 79.9. The number of hydrogen-bond donors (Lipinski definition) is 1. The first-order chi connectivity index (χ1) is 9.58. The number of benzene rings is 1. The number of hydrogen-bond acceptors (Lipinski definition) is 4. The third-order valence-corrected chi connectivity index (χ3v) is 3.62. The molecule has 0 saturated heterocycles. The zero-order chi connectivity index (χ0) is 14.5. The quantitative estimate of drug-likeness (QED) is 0.672. The summed E-state index contributed by atoms with van der Waals surface area (Å²) in [7, 11) is 0. The van der Waals surface area contributed by atoms with Crippen LogP contribution in [0.5, 0.6) is 0 Å². The van der Waals surface area contributed by atoms with Crippen molar-refractivity contribution in [2.75, 3.05) is 0 Å². The first-order valence-corrected chi connectivity index (χ1v) is 6.91. The van der Waals surface area contributed by atoms with Crippen molar-refractivity contribution in [2.24, 2.45) is 0 Å². The maximum atomic E-state index is 10.9. The van der Waals surface area contributed by atoms with Crippen molar-refractivity contribution >= 4 is 21.6 Å². The summed E-state index contributed by atoms with van der Waals surface area (Å²) >= 11 is 3.17. The average Bonchev–Trinajstić information content (AvgIpc) is 2.42.